The molecule has 1 rings (SSSR count). The topological polar surface area (TPSA) is 98.8 Å². The maximum atomic E-state index is 11.8. The van der Waals surface area contributed by atoms with E-state index in [1.54, 1.807) is 30.3 Å². The summed E-state index contributed by atoms with van der Waals surface area (Å²) < 4.78 is 34.5. The molecule has 1 N–H and O–H groups in total. The van der Waals surface area contributed by atoms with Crippen molar-refractivity contribution in [2.24, 2.45) is 0 Å². The molecule has 110 valence electrons. The summed E-state index contributed by atoms with van der Waals surface area (Å²) in [7, 11) is -1.80. The van der Waals surface area contributed by atoms with Crippen LogP contribution in [0.3, 0.4) is 0 Å². The maximum Gasteiger partial charge on any atom is 0.328 e. The molecule has 0 aliphatic heterocycles. The van der Waals surface area contributed by atoms with E-state index >= 15 is 0 Å². The van der Waals surface area contributed by atoms with E-state index in [4.69, 9.17) is 0 Å². The van der Waals surface area contributed by atoms with Crippen LogP contribution in [0.5, 0.6) is 0 Å². The summed E-state index contributed by atoms with van der Waals surface area (Å²) in [5.74, 6) is -2.57. The van der Waals surface area contributed by atoms with Crippen molar-refractivity contribution >= 4 is 22.0 Å². The van der Waals surface area contributed by atoms with Crippen molar-refractivity contribution in [1.82, 2.24) is 4.72 Å². The van der Waals surface area contributed by atoms with Crippen LogP contribution in [0, 0.1) is 0 Å². The number of esters is 2. The Morgan fingerprint density at radius 2 is 1.75 bits per heavy atom. The summed E-state index contributed by atoms with van der Waals surface area (Å²) in [6.45, 7) is 0. The SMILES string of the molecule is COC(=O)CS(=O)(=O)NC(C(=O)OC)c1ccccc1. The molecule has 0 aliphatic rings. The first-order chi connectivity index (χ1) is 9.39. The molecule has 1 aromatic carbocycles. The number of carbonyl (C=O) groups is 2. The number of methoxy groups -OCH3 is 2. The van der Waals surface area contributed by atoms with Crippen molar-refractivity contribution < 1.29 is 27.5 Å². The molecule has 8 heteroatoms. The average Bonchev–Trinajstić information content (AvgIpc) is 2.44. The van der Waals surface area contributed by atoms with Gasteiger partial charge < -0.3 is 9.47 Å². The first-order valence-electron chi connectivity index (χ1n) is 5.59. The molecule has 0 saturated carbocycles. The van der Waals surface area contributed by atoms with Crippen LogP contribution in [-0.2, 0) is 29.1 Å². The Hall–Kier alpha value is -1.93. The highest BCUT2D eigenvalue weighted by molar-refractivity contribution is 7.90. The van der Waals surface area contributed by atoms with E-state index in [1.165, 1.54) is 0 Å². The van der Waals surface area contributed by atoms with E-state index in [1.807, 2.05) is 0 Å². The number of hydrogen-bond donors (Lipinski definition) is 1. The first-order valence-corrected chi connectivity index (χ1v) is 7.24. The minimum atomic E-state index is -4.02. The van der Waals surface area contributed by atoms with Gasteiger partial charge in [-0.1, -0.05) is 30.3 Å². The smallest absolute Gasteiger partial charge is 0.328 e. The highest BCUT2D eigenvalue weighted by atomic mass is 32.2. The van der Waals surface area contributed by atoms with Crippen molar-refractivity contribution in [3.8, 4) is 0 Å². The Morgan fingerprint density at radius 1 is 1.15 bits per heavy atom. The van der Waals surface area contributed by atoms with Crippen molar-refractivity contribution in [2.45, 2.75) is 6.04 Å². The molecule has 0 saturated heterocycles. The predicted molar refractivity (Wildman–Crippen MR) is 70.1 cm³/mol. The molecule has 1 aromatic rings. The molecule has 0 bridgehead atoms. The Bertz CT molecular complexity index is 569. The first kappa shape index (κ1) is 16.1. The largest absolute Gasteiger partial charge is 0.468 e. The second kappa shape index (κ2) is 7.01. The van der Waals surface area contributed by atoms with E-state index in [0.29, 0.717) is 5.56 Å². The maximum absolute atomic E-state index is 11.8. The van der Waals surface area contributed by atoms with Gasteiger partial charge in [0.15, 0.2) is 5.75 Å². The van der Waals surface area contributed by atoms with Gasteiger partial charge in [-0.05, 0) is 5.56 Å². The molecule has 1 atom stereocenters. The zero-order valence-electron chi connectivity index (χ0n) is 11.0. The minimum absolute atomic E-state index is 0.410. The minimum Gasteiger partial charge on any atom is -0.468 e. The molecule has 7 nitrogen and oxygen atoms in total. The second-order valence-electron chi connectivity index (χ2n) is 3.82. The molecule has 20 heavy (non-hydrogen) atoms. The quantitative estimate of drug-likeness (QED) is 0.742. The van der Waals surface area contributed by atoms with E-state index in [2.05, 4.69) is 14.2 Å². The van der Waals surface area contributed by atoms with Crippen LogP contribution in [0.1, 0.15) is 11.6 Å². The monoisotopic (exact) mass is 301 g/mol. The lowest BCUT2D eigenvalue weighted by Crippen LogP contribution is -2.37. The molecular formula is C12H15NO6S. The molecule has 0 amide bonds. The van der Waals surface area contributed by atoms with Crippen molar-refractivity contribution in [3.63, 3.8) is 0 Å². The summed E-state index contributed by atoms with van der Waals surface area (Å²) >= 11 is 0. The van der Waals surface area contributed by atoms with Gasteiger partial charge in [0.25, 0.3) is 0 Å². The van der Waals surface area contributed by atoms with Crippen molar-refractivity contribution in [2.75, 3.05) is 20.0 Å². The summed E-state index contributed by atoms with van der Waals surface area (Å²) in [4.78, 5) is 22.7. The Morgan fingerprint density at radius 3 is 2.25 bits per heavy atom. The van der Waals surface area contributed by atoms with Gasteiger partial charge in [-0.15, -0.1) is 0 Å². The lowest BCUT2D eigenvalue weighted by molar-refractivity contribution is -0.143. The molecule has 0 aromatic heterocycles. The molecule has 0 aliphatic carbocycles. The third kappa shape index (κ3) is 4.63. The molecule has 1 unspecified atom stereocenters. The molecular weight excluding hydrogens is 286 g/mol. The third-order valence-electron chi connectivity index (χ3n) is 2.40. The lowest BCUT2D eigenvalue weighted by Gasteiger charge is -2.16. The Labute approximate surface area is 116 Å². The number of hydrogen-bond acceptors (Lipinski definition) is 6. The van der Waals surface area contributed by atoms with E-state index in [-0.39, 0.29) is 0 Å². The summed E-state index contributed by atoms with van der Waals surface area (Å²) in [5, 5.41) is 0. The number of ether oxygens (including phenoxy) is 2. The van der Waals surface area contributed by atoms with Gasteiger partial charge in [-0.2, -0.15) is 4.72 Å². The van der Waals surface area contributed by atoms with Gasteiger partial charge in [0.1, 0.15) is 6.04 Å². The summed E-state index contributed by atoms with van der Waals surface area (Å²) in [6.07, 6.45) is 0. The van der Waals surface area contributed by atoms with Crippen LogP contribution >= 0.6 is 0 Å². The van der Waals surface area contributed by atoms with Crippen LogP contribution in [0.15, 0.2) is 30.3 Å². The van der Waals surface area contributed by atoms with Gasteiger partial charge >= 0.3 is 11.9 Å². The number of carbonyl (C=O) groups excluding carboxylic acids is 2. The lowest BCUT2D eigenvalue weighted by atomic mass is 10.1. The number of rotatable bonds is 6. The van der Waals surface area contributed by atoms with Gasteiger partial charge in [0.2, 0.25) is 10.0 Å². The molecule has 0 radical (unpaired) electrons. The van der Waals surface area contributed by atoms with Gasteiger partial charge in [-0.3, -0.25) is 4.79 Å². The van der Waals surface area contributed by atoms with E-state index in [9.17, 15) is 18.0 Å². The summed E-state index contributed by atoms with van der Waals surface area (Å²) in [6, 6.07) is 6.96. The van der Waals surface area contributed by atoms with Crippen LogP contribution < -0.4 is 4.72 Å². The van der Waals surface area contributed by atoms with E-state index in [0.717, 1.165) is 14.2 Å². The number of sulfonamides is 1. The van der Waals surface area contributed by atoms with Crippen LogP contribution in [0.4, 0.5) is 0 Å². The predicted octanol–water partition coefficient (Wildman–Crippen LogP) is -0.00690. The zero-order chi connectivity index (χ0) is 15.2. The molecule has 0 fully saturated rings. The number of benzene rings is 1. The van der Waals surface area contributed by atoms with Gasteiger partial charge in [0.05, 0.1) is 14.2 Å². The number of nitrogens with one attached hydrogen (secondary N) is 1. The van der Waals surface area contributed by atoms with E-state index < -0.39 is 33.8 Å². The fraction of sp³-hybridized carbons (Fsp3) is 0.333. The zero-order valence-corrected chi connectivity index (χ0v) is 11.8. The third-order valence-corrected chi connectivity index (χ3v) is 3.61. The Balaban J connectivity index is 2.97. The van der Waals surface area contributed by atoms with Crippen LogP contribution in [-0.4, -0.2) is 40.3 Å². The highest BCUT2D eigenvalue weighted by Gasteiger charge is 2.28. The second-order valence-corrected chi connectivity index (χ2v) is 5.57. The fourth-order valence-electron chi connectivity index (χ4n) is 1.45. The van der Waals surface area contributed by atoms with Crippen molar-refractivity contribution in [1.29, 1.82) is 0 Å². The van der Waals surface area contributed by atoms with Crippen molar-refractivity contribution in [3.05, 3.63) is 35.9 Å². The highest BCUT2D eigenvalue weighted by Crippen LogP contribution is 2.15. The van der Waals surface area contributed by atoms with Gasteiger partial charge in [0, 0.05) is 0 Å². The average molecular weight is 301 g/mol. The normalized spacial score (nSPS) is 12.5. The van der Waals surface area contributed by atoms with Crippen LogP contribution in [0.2, 0.25) is 0 Å². The Kier molecular flexibility index (Phi) is 5.66. The van der Waals surface area contributed by atoms with Gasteiger partial charge in [-0.25, -0.2) is 13.2 Å². The standard InChI is InChI=1S/C12H15NO6S/c1-18-10(14)8-20(16,17)13-11(12(15)19-2)9-6-4-3-5-7-9/h3-7,11,13H,8H2,1-2H3. The molecule has 0 heterocycles. The fourth-order valence-corrected chi connectivity index (χ4v) is 2.55. The summed E-state index contributed by atoms with van der Waals surface area (Å²) in [5.41, 5.74) is 0.410. The molecule has 0 spiro atoms. The van der Waals surface area contributed by atoms with Crippen LogP contribution in [0.25, 0.3) is 0 Å².